The molecule has 0 unspecified atom stereocenters. The number of amides is 1. The number of aliphatic hydroxyl groups is 2. The van der Waals surface area contributed by atoms with Crippen LogP contribution in [0.3, 0.4) is 0 Å². The zero-order valence-electron chi connectivity index (χ0n) is 21.0. The van der Waals surface area contributed by atoms with Crippen LogP contribution in [0.25, 0.3) is 0 Å². The first-order valence-electron chi connectivity index (χ1n) is 12.4. The minimum Gasteiger partial charge on any atom is -0.396 e. The summed E-state index contributed by atoms with van der Waals surface area (Å²) in [5.41, 5.74) is 1.55. The number of nitrogens with zero attached hydrogens (tertiary/aromatic N) is 1. The second-order valence-corrected chi connectivity index (χ2v) is 11.1. The molecule has 0 aromatic heterocycles. The van der Waals surface area contributed by atoms with Crippen molar-refractivity contribution in [3.05, 3.63) is 105 Å². The van der Waals surface area contributed by atoms with E-state index in [1.54, 1.807) is 36.9 Å². The number of ether oxygens (including phenoxy) is 1. The van der Waals surface area contributed by atoms with Crippen molar-refractivity contribution >= 4 is 17.5 Å². The number of rotatable bonds is 8. The maximum Gasteiger partial charge on any atom is 0.257 e. The molecule has 3 aromatic rings. The van der Waals surface area contributed by atoms with Crippen LogP contribution in [-0.2, 0) is 22.6 Å². The van der Waals surface area contributed by atoms with Gasteiger partial charge in [-0.15, -0.1) is 6.42 Å². The molecule has 1 saturated carbocycles. The summed E-state index contributed by atoms with van der Waals surface area (Å²) in [6.07, 6.45) is 7.27. The normalized spacial score (nSPS) is 20.0. The first kappa shape index (κ1) is 25.5. The first-order chi connectivity index (χ1) is 17.6. The highest BCUT2D eigenvalue weighted by molar-refractivity contribution is 6.30. The van der Waals surface area contributed by atoms with Gasteiger partial charge in [-0.25, -0.2) is 0 Å². The quantitative estimate of drug-likeness (QED) is 0.405. The fraction of sp³-hybridized carbons (Fsp3) is 0.323. The summed E-state index contributed by atoms with van der Waals surface area (Å²) in [5.74, 6) is 2.42. The largest absolute Gasteiger partial charge is 0.396 e. The van der Waals surface area contributed by atoms with E-state index in [9.17, 15) is 15.0 Å². The number of aliphatic hydroxyl groups excluding tert-OH is 1. The van der Waals surface area contributed by atoms with E-state index in [1.807, 2.05) is 48.5 Å². The molecule has 0 radical (unpaired) electrons. The van der Waals surface area contributed by atoms with Crippen LogP contribution in [-0.4, -0.2) is 34.2 Å². The topological polar surface area (TPSA) is 70.0 Å². The molecule has 1 amide bonds. The zero-order valence-corrected chi connectivity index (χ0v) is 21.8. The Bertz CT molecular complexity index is 1360. The third-order valence-electron chi connectivity index (χ3n) is 7.52. The third-order valence-corrected chi connectivity index (χ3v) is 7.78. The highest BCUT2D eigenvalue weighted by Gasteiger charge is 2.54. The van der Waals surface area contributed by atoms with Crippen molar-refractivity contribution < 1.29 is 19.7 Å². The molecule has 1 atom stereocenters. The van der Waals surface area contributed by atoms with Crippen LogP contribution >= 0.6 is 11.6 Å². The van der Waals surface area contributed by atoms with E-state index in [-0.39, 0.29) is 24.5 Å². The predicted molar refractivity (Wildman–Crippen MR) is 143 cm³/mol. The molecular formula is C31H30ClNO4. The minimum atomic E-state index is -1.25. The van der Waals surface area contributed by atoms with Crippen molar-refractivity contribution in [3.63, 3.8) is 0 Å². The molecule has 1 fully saturated rings. The lowest BCUT2D eigenvalue weighted by Crippen LogP contribution is -2.47. The molecule has 37 heavy (non-hydrogen) atoms. The number of carbonyl (C=O) groups excluding carboxylic acids is 1. The van der Waals surface area contributed by atoms with Crippen molar-refractivity contribution in [3.8, 4) is 12.3 Å². The van der Waals surface area contributed by atoms with Crippen LogP contribution in [0.2, 0.25) is 5.02 Å². The van der Waals surface area contributed by atoms with Gasteiger partial charge < -0.3 is 14.9 Å². The van der Waals surface area contributed by atoms with Gasteiger partial charge in [0, 0.05) is 39.2 Å². The summed E-state index contributed by atoms with van der Waals surface area (Å²) in [6, 6.07) is 20.3. The van der Waals surface area contributed by atoms with E-state index in [1.165, 1.54) is 0 Å². The number of fused-ring (bicyclic) bond motifs is 1. The van der Waals surface area contributed by atoms with Crippen LogP contribution in [0.5, 0.6) is 0 Å². The van der Waals surface area contributed by atoms with E-state index >= 15 is 0 Å². The highest BCUT2D eigenvalue weighted by atomic mass is 35.5. The van der Waals surface area contributed by atoms with Gasteiger partial charge in [-0.3, -0.25) is 9.69 Å². The maximum absolute atomic E-state index is 14.1. The molecule has 1 heterocycles. The molecule has 5 nitrogen and oxygen atoms in total. The van der Waals surface area contributed by atoms with Crippen molar-refractivity contribution in [2.24, 2.45) is 5.41 Å². The molecule has 0 spiro atoms. The molecule has 0 bridgehead atoms. The number of terminal acetylenes is 1. The van der Waals surface area contributed by atoms with E-state index in [0.29, 0.717) is 28.3 Å². The Hall–Kier alpha value is -3.14. The number of halogens is 1. The van der Waals surface area contributed by atoms with Crippen LogP contribution in [0.15, 0.2) is 66.7 Å². The van der Waals surface area contributed by atoms with Gasteiger partial charge in [-0.1, -0.05) is 53.9 Å². The average Bonchev–Trinajstić information content (AvgIpc) is 3.64. The Morgan fingerprint density at radius 2 is 1.76 bits per heavy atom. The standard InChI is InChI=1S/C31H30ClNO4/c1-4-21-5-7-22(8-6-21)18-33-28(35)26-17-24(29(2,3)36)11-14-27(26)31(33,23-9-12-25(32)13-10-23)37-20-30(19-34)15-16-30/h1,5-14,17,34,36H,15-16,18-20H2,2-3H3/t31-/m1/s1. The molecule has 190 valence electrons. The third kappa shape index (κ3) is 4.56. The minimum absolute atomic E-state index is 0.0235. The monoisotopic (exact) mass is 515 g/mol. The van der Waals surface area contributed by atoms with E-state index in [4.69, 9.17) is 22.8 Å². The SMILES string of the molecule is C#Cc1ccc(CN2C(=O)c3cc(C(C)(C)O)ccc3[C@]2(OCC2(CO)CC2)c2ccc(Cl)cc2)cc1. The lowest BCUT2D eigenvalue weighted by Gasteiger charge is -2.40. The predicted octanol–water partition coefficient (Wildman–Crippen LogP) is 5.19. The summed E-state index contributed by atoms with van der Waals surface area (Å²) in [7, 11) is 0. The maximum atomic E-state index is 14.1. The fourth-order valence-corrected chi connectivity index (χ4v) is 5.04. The summed E-state index contributed by atoms with van der Waals surface area (Å²) in [6.45, 7) is 3.97. The van der Waals surface area contributed by atoms with Crippen LogP contribution in [0, 0.1) is 17.8 Å². The Kier molecular flexibility index (Phi) is 6.42. The Morgan fingerprint density at radius 3 is 2.32 bits per heavy atom. The van der Waals surface area contributed by atoms with Crippen LogP contribution in [0.4, 0.5) is 0 Å². The Labute approximate surface area is 222 Å². The smallest absolute Gasteiger partial charge is 0.257 e. The Balaban J connectivity index is 1.69. The molecule has 2 aliphatic rings. The molecule has 0 saturated heterocycles. The van der Waals surface area contributed by atoms with Crippen LogP contribution < -0.4 is 0 Å². The summed E-state index contributed by atoms with van der Waals surface area (Å²) >= 11 is 6.24. The molecular weight excluding hydrogens is 486 g/mol. The van der Waals surface area contributed by atoms with E-state index in [2.05, 4.69) is 5.92 Å². The van der Waals surface area contributed by atoms with Gasteiger partial charge in [0.15, 0.2) is 5.72 Å². The molecule has 6 heteroatoms. The summed E-state index contributed by atoms with van der Waals surface area (Å²) in [4.78, 5) is 15.9. The first-order valence-corrected chi connectivity index (χ1v) is 12.8. The van der Waals surface area contributed by atoms with Crippen molar-refractivity contribution in [1.82, 2.24) is 4.90 Å². The van der Waals surface area contributed by atoms with Gasteiger partial charge in [-0.2, -0.15) is 0 Å². The van der Waals surface area contributed by atoms with Crippen molar-refractivity contribution in [2.75, 3.05) is 13.2 Å². The number of carbonyl (C=O) groups is 1. The molecule has 3 aromatic carbocycles. The summed E-state index contributed by atoms with van der Waals surface area (Å²) in [5, 5.41) is 21.3. The van der Waals surface area contributed by atoms with Crippen molar-refractivity contribution in [2.45, 2.75) is 44.6 Å². The lowest BCUT2D eigenvalue weighted by atomic mass is 9.89. The van der Waals surface area contributed by atoms with E-state index in [0.717, 1.165) is 29.5 Å². The molecule has 2 N–H and O–H groups in total. The van der Waals surface area contributed by atoms with Gasteiger partial charge in [0.2, 0.25) is 0 Å². The average molecular weight is 516 g/mol. The van der Waals surface area contributed by atoms with Crippen molar-refractivity contribution in [1.29, 1.82) is 0 Å². The van der Waals surface area contributed by atoms with Crippen LogP contribution in [0.1, 0.15) is 64.9 Å². The number of hydrogen-bond acceptors (Lipinski definition) is 4. The van der Waals surface area contributed by atoms with E-state index < -0.39 is 11.3 Å². The van der Waals surface area contributed by atoms with Gasteiger partial charge in [-0.05, 0) is 68.1 Å². The molecule has 5 rings (SSSR count). The Morgan fingerprint density at radius 1 is 1.08 bits per heavy atom. The molecule has 1 aliphatic carbocycles. The van der Waals surface area contributed by atoms with Gasteiger partial charge in [0.25, 0.3) is 5.91 Å². The highest BCUT2D eigenvalue weighted by Crippen LogP contribution is 2.51. The number of benzene rings is 3. The van der Waals surface area contributed by atoms with Gasteiger partial charge in [0.05, 0.1) is 18.8 Å². The fourth-order valence-electron chi connectivity index (χ4n) is 4.91. The van der Waals surface area contributed by atoms with Gasteiger partial charge >= 0.3 is 0 Å². The second kappa shape index (κ2) is 9.31. The summed E-state index contributed by atoms with van der Waals surface area (Å²) < 4.78 is 6.79. The molecule has 1 aliphatic heterocycles. The van der Waals surface area contributed by atoms with Gasteiger partial charge in [0.1, 0.15) is 0 Å². The second-order valence-electron chi connectivity index (χ2n) is 10.6. The number of hydrogen-bond donors (Lipinski definition) is 2. The zero-order chi connectivity index (χ0) is 26.4. The lowest BCUT2D eigenvalue weighted by molar-refractivity contribution is -0.128.